The predicted molar refractivity (Wildman–Crippen MR) is 76.7 cm³/mol. The lowest BCUT2D eigenvalue weighted by Crippen LogP contribution is -2.54. The molecule has 1 aromatic carbocycles. The molecule has 2 N–H and O–H groups in total. The van der Waals surface area contributed by atoms with Gasteiger partial charge in [-0.25, -0.2) is 4.39 Å². The maximum Gasteiger partial charge on any atom is 0.223 e. The van der Waals surface area contributed by atoms with Crippen molar-refractivity contribution in [2.75, 3.05) is 0 Å². The Hall–Kier alpha value is -1.38. The fourth-order valence-electron chi connectivity index (χ4n) is 4.75. The average Bonchev–Trinajstić information content (AvgIpc) is 2.37. The van der Waals surface area contributed by atoms with Gasteiger partial charge in [0.25, 0.3) is 0 Å². The highest BCUT2D eigenvalue weighted by molar-refractivity contribution is 5.81. The molecule has 1 aromatic rings. The van der Waals surface area contributed by atoms with Gasteiger partial charge < -0.3 is 5.73 Å². The number of nitrogens with two attached hydrogens (primary N) is 1. The second-order valence-corrected chi connectivity index (χ2v) is 6.95. The first-order valence-electron chi connectivity index (χ1n) is 7.47. The number of hydrogen-bond acceptors (Lipinski definition) is 1. The van der Waals surface area contributed by atoms with Crippen LogP contribution in [0.2, 0.25) is 0 Å². The third kappa shape index (κ3) is 1.72. The molecule has 0 spiro atoms. The molecule has 2 nitrogen and oxygen atoms in total. The molecule has 3 rings (SSSR count). The molecule has 0 radical (unpaired) electrons. The van der Waals surface area contributed by atoms with Crippen molar-refractivity contribution in [1.82, 2.24) is 0 Å². The molecular formula is C17H22FNO. The molecule has 0 saturated heterocycles. The summed E-state index contributed by atoms with van der Waals surface area (Å²) in [4.78, 5) is 12.0. The first-order valence-corrected chi connectivity index (χ1v) is 7.47. The maximum absolute atomic E-state index is 13.4. The van der Waals surface area contributed by atoms with Gasteiger partial charge in [-0.05, 0) is 60.3 Å². The van der Waals surface area contributed by atoms with Crippen molar-refractivity contribution in [3.05, 3.63) is 35.1 Å². The van der Waals surface area contributed by atoms with E-state index >= 15 is 0 Å². The van der Waals surface area contributed by atoms with E-state index in [2.05, 4.69) is 6.92 Å². The van der Waals surface area contributed by atoms with E-state index < -0.39 is 5.41 Å². The van der Waals surface area contributed by atoms with Crippen molar-refractivity contribution in [2.45, 2.75) is 51.4 Å². The number of rotatable bonds is 1. The third-order valence-corrected chi connectivity index (χ3v) is 5.88. The number of aryl methyl sites for hydroxylation is 1. The number of amides is 1. The van der Waals surface area contributed by atoms with Crippen LogP contribution in [-0.4, -0.2) is 5.91 Å². The van der Waals surface area contributed by atoms with E-state index in [0.29, 0.717) is 0 Å². The van der Waals surface area contributed by atoms with E-state index in [0.717, 1.165) is 37.7 Å². The first kappa shape index (κ1) is 13.6. The number of hydrogen-bond donors (Lipinski definition) is 1. The molecule has 1 fully saturated rings. The zero-order valence-electron chi connectivity index (χ0n) is 12.2. The summed E-state index contributed by atoms with van der Waals surface area (Å²) in [6.07, 6.45) is 4.70. The second kappa shape index (κ2) is 4.31. The molecule has 3 unspecified atom stereocenters. The number of primary amides is 1. The maximum atomic E-state index is 13.4. The molecule has 2 aliphatic rings. The molecule has 3 atom stereocenters. The number of benzene rings is 1. The first-order chi connectivity index (χ1) is 9.38. The van der Waals surface area contributed by atoms with Gasteiger partial charge in [0.2, 0.25) is 5.91 Å². The zero-order valence-corrected chi connectivity index (χ0v) is 12.2. The minimum absolute atomic E-state index is 0.0523. The van der Waals surface area contributed by atoms with E-state index in [9.17, 15) is 9.18 Å². The Morgan fingerprint density at radius 3 is 2.80 bits per heavy atom. The number of carbonyl (C=O) groups is 1. The lowest BCUT2D eigenvalue weighted by Gasteiger charge is -2.54. The quantitative estimate of drug-likeness (QED) is 0.839. The summed E-state index contributed by atoms with van der Waals surface area (Å²) in [6.45, 7) is 4.25. The van der Waals surface area contributed by atoms with E-state index in [4.69, 9.17) is 5.73 Å². The van der Waals surface area contributed by atoms with Gasteiger partial charge in [-0.3, -0.25) is 4.79 Å². The Morgan fingerprint density at radius 2 is 2.10 bits per heavy atom. The van der Waals surface area contributed by atoms with Crippen LogP contribution in [0.25, 0.3) is 0 Å². The normalized spacial score (nSPS) is 36.0. The van der Waals surface area contributed by atoms with Gasteiger partial charge in [0, 0.05) is 5.41 Å². The van der Waals surface area contributed by atoms with Crippen molar-refractivity contribution in [1.29, 1.82) is 0 Å². The Kier molecular flexibility index (Phi) is 2.93. The highest BCUT2D eigenvalue weighted by Crippen LogP contribution is 2.57. The van der Waals surface area contributed by atoms with Crippen molar-refractivity contribution in [2.24, 2.45) is 17.1 Å². The number of fused-ring (bicyclic) bond motifs is 3. The summed E-state index contributed by atoms with van der Waals surface area (Å²) in [6, 6.07) is 5.12. The largest absolute Gasteiger partial charge is 0.369 e. The van der Waals surface area contributed by atoms with E-state index in [1.807, 2.05) is 13.0 Å². The Morgan fingerprint density at radius 1 is 1.35 bits per heavy atom. The molecule has 0 bridgehead atoms. The molecule has 1 saturated carbocycles. The molecule has 0 aliphatic heterocycles. The second-order valence-electron chi connectivity index (χ2n) is 6.95. The van der Waals surface area contributed by atoms with Gasteiger partial charge in [0.1, 0.15) is 5.82 Å². The van der Waals surface area contributed by atoms with Crippen LogP contribution in [0.3, 0.4) is 0 Å². The smallest absolute Gasteiger partial charge is 0.223 e. The van der Waals surface area contributed by atoms with Crippen LogP contribution in [0.1, 0.15) is 50.7 Å². The van der Waals surface area contributed by atoms with Gasteiger partial charge in [-0.2, -0.15) is 0 Å². The van der Waals surface area contributed by atoms with Crippen LogP contribution < -0.4 is 5.73 Å². The van der Waals surface area contributed by atoms with E-state index in [-0.39, 0.29) is 23.1 Å². The molecule has 2 aliphatic carbocycles. The summed E-state index contributed by atoms with van der Waals surface area (Å²) in [7, 11) is 0. The van der Waals surface area contributed by atoms with E-state index in [1.165, 1.54) is 5.56 Å². The Balaban J connectivity index is 2.12. The van der Waals surface area contributed by atoms with Crippen LogP contribution in [0.15, 0.2) is 18.2 Å². The highest BCUT2D eigenvalue weighted by atomic mass is 19.1. The van der Waals surface area contributed by atoms with Crippen molar-refractivity contribution in [3.63, 3.8) is 0 Å². The van der Waals surface area contributed by atoms with Gasteiger partial charge in [0.05, 0.1) is 0 Å². The predicted octanol–water partition coefficient (Wildman–Crippen LogP) is 3.32. The fourth-order valence-corrected chi connectivity index (χ4v) is 4.75. The minimum Gasteiger partial charge on any atom is -0.369 e. The summed E-state index contributed by atoms with van der Waals surface area (Å²) in [5.74, 6) is -0.0857. The van der Waals surface area contributed by atoms with Gasteiger partial charge in [-0.15, -0.1) is 0 Å². The van der Waals surface area contributed by atoms with Crippen LogP contribution >= 0.6 is 0 Å². The van der Waals surface area contributed by atoms with Crippen LogP contribution in [0, 0.1) is 17.2 Å². The molecular weight excluding hydrogens is 253 g/mol. The Bertz CT molecular complexity index is 570. The average molecular weight is 275 g/mol. The van der Waals surface area contributed by atoms with Crippen molar-refractivity contribution >= 4 is 5.91 Å². The summed E-state index contributed by atoms with van der Waals surface area (Å²) < 4.78 is 13.4. The minimum atomic E-state index is -0.431. The van der Waals surface area contributed by atoms with E-state index in [1.54, 1.807) is 12.1 Å². The lowest BCUT2D eigenvalue weighted by molar-refractivity contribution is -0.135. The summed E-state index contributed by atoms with van der Waals surface area (Å²) >= 11 is 0. The molecule has 3 heteroatoms. The summed E-state index contributed by atoms with van der Waals surface area (Å²) in [5, 5.41) is 0. The molecule has 0 aromatic heterocycles. The highest BCUT2D eigenvalue weighted by Gasteiger charge is 2.54. The summed E-state index contributed by atoms with van der Waals surface area (Å²) in [5.41, 5.74) is 7.56. The SMILES string of the molecule is CC1(C(N)=O)CCCC2(C)c3ccc(F)cc3CCC12. The number of halogens is 1. The van der Waals surface area contributed by atoms with Crippen LogP contribution in [0.4, 0.5) is 4.39 Å². The van der Waals surface area contributed by atoms with Crippen LogP contribution in [0.5, 0.6) is 0 Å². The van der Waals surface area contributed by atoms with Gasteiger partial charge in [-0.1, -0.05) is 26.3 Å². The number of carbonyl (C=O) groups excluding carboxylic acids is 1. The topological polar surface area (TPSA) is 43.1 Å². The van der Waals surface area contributed by atoms with Crippen LogP contribution in [-0.2, 0) is 16.6 Å². The zero-order chi connectivity index (χ0) is 14.5. The van der Waals surface area contributed by atoms with Gasteiger partial charge in [0.15, 0.2) is 0 Å². The molecule has 0 heterocycles. The van der Waals surface area contributed by atoms with Crippen molar-refractivity contribution in [3.8, 4) is 0 Å². The Labute approximate surface area is 119 Å². The third-order valence-electron chi connectivity index (χ3n) is 5.88. The fraction of sp³-hybridized carbons (Fsp3) is 0.588. The van der Waals surface area contributed by atoms with Gasteiger partial charge >= 0.3 is 0 Å². The monoisotopic (exact) mass is 275 g/mol. The molecule has 108 valence electrons. The lowest BCUT2D eigenvalue weighted by atomic mass is 9.49. The molecule has 20 heavy (non-hydrogen) atoms. The van der Waals surface area contributed by atoms with Crippen molar-refractivity contribution < 1.29 is 9.18 Å². The molecule has 1 amide bonds. The standard InChI is InChI=1S/C17H22FNO/c1-16-8-3-9-17(2,15(19)20)14(16)7-4-11-10-12(18)5-6-13(11)16/h5-6,10,14H,3-4,7-9H2,1-2H3,(H2,19,20).